The summed E-state index contributed by atoms with van der Waals surface area (Å²) in [6.45, 7) is 3.73. The topological polar surface area (TPSA) is 84.2 Å². The molecule has 6 heteroatoms. The van der Waals surface area contributed by atoms with Gasteiger partial charge in [0.05, 0.1) is 5.92 Å². The number of aryl methyl sites for hydroxylation is 1. The Morgan fingerprint density at radius 2 is 1.70 bits per heavy atom. The average Bonchev–Trinajstić information content (AvgIpc) is 2.75. The standard InChI is InChI=1S/C24H31N3O2.ClH/c1-16-15-19(24(29)26-20-11-7-4-8-12-20)13-14-21(16)27-23(28)17(2)22(25)18-9-5-3-6-10-18;/h3,5-6,9-10,13-15,17,20,22H,4,7-8,11-12,25H2,1-2H3,(H,26,29)(H,27,28);1H. The molecule has 5 nitrogen and oxygen atoms in total. The Bertz CT molecular complexity index is 851. The normalized spacial score (nSPS) is 16.1. The van der Waals surface area contributed by atoms with Crippen molar-refractivity contribution in [1.29, 1.82) is 0 Å². The molecule has 4 N–H and O–H groups in total. The maximum Gasteiger partial charge on any atom is 0.251 e. The fourth-order valence-corrected chi connectivity index (χ4v) is 3.83. The first-order valence-electron chi connectivity index (χ1n) is 10.5. The molecule has 2 aromatic carbocycles. The molecular formula is C24H32ClN3O2. The number of amides is 2. The highest BCUT2D eigenvalue weighted by atomic mass is 35.5. The molecule has 1 aliphatic rings. The molecule has 2 amide bonds. The van der Waals surface area contributed by atoms with Crippen LogP contribution in [0.2, 0.25) is 0 Å². The largest absolute Gasteiger partial charge is 0.349 e. The number of benzene rings is 2. The number of nitrogens with two attached hydrogens (primary N) is 1. The fourth-order valence-electron chi connectivity index (χ4n) is 3.83. The SMILES string of the molecule is Cc1cc(C(=O)NC2CCCCC2)ccc1NC(=O)C(C)C(N)c1ccccc1.Cl. The van der Waals surface area contributed by atoms with Gasteiger partial charge < -0.3 is 16.4 Å². The first-order valence-corrected chi connectivity index (χ1v) is 10.5. The van der Waals surface area contributed by atoms with Crippen LogP contribution in [0.1, 0.15) is 66.6 Å². The van der Waals surface area contributed by atoms with E-state index in [1.165, 1.54) is 19.3 Å². The number of rotatable bonds is 6. The zero-order valence-corrected chi connectivity index (χ0v) is 18.5. The van der Waals surface area contributed by atoms with Crippen LogP contribution in [0.25, 0.3) is 0 Å². The molecule has 0 bridgehead atoms. The quantitative estimate of drug-likeness (QED) is 0.619. The van der Waals surface area contributed by atoms with Gasteiger partial charge in [-0.05, 0) is 49.1 Å². The smallest absolute Gasteiger partial charge is 0.251 e. The van der Waals surface area contributed by atoms with Gasteiger partial charge in [0.1, 0.15) is 0 Å². The van der Waals surface area contributed by atoms with Crippen LogP contribution in [0.4, 0.5) is 5.69 Å². The van der Waals surface area contributed by atoms with E-state index in [1.54, 1.807) is 12.1 Å². The van der Waals surface area contributed by atoms with Gasteiger partial charge in [-0.15, -0.1) is 12.4 Å². The second-order valence-electron chi connectivity index (χ2n) is 8.05. The molecule has 0 radical (unpaired) electrons. The molecule has 1 aliphatic carbocycles. The lowest BCUT2D eigenvalue weighted by molar-refractivity contribution is -0.120. The number of hydrogen-bond donors (Lipinski definition) is 3. The fraction of sp³-hybridized carbons (Fsp3) is 0.417. The number of carbonyl (C=O) groups excluding carboxylic acids is 2. The minimum Gasteiger partial charge on any atom is -0.349 e. The van der Waals surface area contributed by atoms with Crippen LogP contribution in [0.3, 0.4) is 0 Å². The highest BCUT2D eigenvalue weighted by molar-refractivity contribution is 5.97. The van der Waals surface area contributed by atoms with E-state index >= 15 is 0 Å². The lowest BCUT2D eigenvalue weighted by atomic mass is 9.94. The second kappa shape index (κ2) is 11.1. The first-order chi connectivity index (χ1) is 14.0. The summed E-state index contributed by atoms with van der Waals surface area (Å²) in [6, 6.07) is 14.9. The molecular weight excluding hydrogens is 398 g/mol. The Labute approximate surface area is 185 Å². The van der Waals surface area contributed by atoms with Gasteiger partial charge in [-0.25, -0.2) is 0 Å². The third kappa shape index (κ3) is 6.07. The van der Waals surface area contributed by atoms with Crippen LogP contribution in [-0.4, -0.2) is 17.9 Å². The molecule has 0 spiro atoms. The van der Waals surface area contributed by atoms with Crippen molar-refractivity contribution in [2.75, 3.05) is 5.32 Å². The van der Waals surface area contributed by atoms with Gasteiger partial charge in [0.2, 0.25) is 5.91 Å². The summed E-state index contributed by atoms with van der Waals surface area (Å²) in [5.41, 5.74) is 9.39. The molecule has 1 fully saturated rings. The van der Waals surface area contributed by atoms with E-state index in [4.69, 9.17) is 5.73 Å². The van der Waals surface area contributed by atoms with E-state index in [-0.39, 0.29) is 42.2 Å². The van der Waals surface area contributed by atoms with Gasteiger partial charge >= 0.3 is 0 Å². The van der Waals surface area contributed by atoms with Crippen LogP contribution in [0.15, 0.2) is 48.5 Å². The molecule has 0 aliphatic heterocycles. The van der Waals surface area contributed by atoms with Gasteiger partial charge in [0, 0.05) is 23.3 Å². The Balaban J connectivity index is 0.00000320. The highest BCUT2D eigenvalue weighted by Crippen LogP contribution is 2.23. The molecule has 1 saturated carbocycles. The summed E-state index contributed by atoms with van der Waals surface area (Å²) in [6.07, 6.45) is 5.72. The Kier molecular flexibility index (Phi) is 8.88. The van der Waals surface area contributed by atoms with Gasteiger partial charge in [0.15, 0.2) is 0 Å². The molecule has 0 aromatic heterocycles. The Morgan fingerprint density at radius 3 is 2.33 bits per heavy atom. The minimum absolute atomic E-state index is 0. The molecule has 2 unspecified atom stereocenters. The minimum atomic E-state index is -0.383. The molecule has 0 saturated heterocycles. The molecule has 3 rings (SSSR count). The van der Waals surface area contributed by atoms with Crippen molar-refractivity contribution in [3.8, 4) is 0 Å². The summed E-state index contributed by atoms with van der Waals surface area (Å²) in [5, 5.41) is 6.09. The zero-order chi connectivity index (χ0) is 20.8. The summed E-state index contributed by atoms with van der Waals surface area (Å²) in [5.74, 6) is -0.563. The average molecular weight is 430 g/mol. The second-order valence-corrected chi connectivity index (χ2v) is 8.05. The number of halogens is 1. The lowest BCUT2D eigenvalue weighted by Crippen LogP contribution is -2.36. The van der Waals surface area contributed by atoms with E-state index in [2.05, 4.69) is 10.6 Å². The van der Waals surface area contributed by atoms with Crippen molar-refractivity contribution in [3.63, 3.8) is 0 Å². The van der Waals surface area contributed by atoms with Crippen LogP contribution < -0.4 is 16.4 Å². The van der Waals surface area contributed by atoms with Gasteiger partial charge in [-0.3, -0.25) is 9.59 Å². The maximum atomic E-state index is 12.7. The van der Waals surface area contributed by atoms with Gasteiger partial charge in [-0.1, -0.05) is 56.5 Å². The molecule has 2 aromatic rings. The third-order valence-electron chi connectivity index (χ3n) is 5.82. The monoisotopic (exact) mass is 429 g/mol. The van der Waals surface area contributed by atoms with E-state index < -0.39 is 0 Å². The van der Waals surface area contributed by atoms with Crippen molar-refractivity contribution in [1.82, 2.24) is 5.32 Å². The van der Waals surface area contributed by atoms with Crippen LogP contribution >= 0.6 is 12.4 Å². The predicted octanol–water partition coefficient (Wildman–Crippen LogP) is 4.75. The van der Waals surface area contributed by atoms with Crippen molar-refractivity contribution < 1.29 is 9.59 Å². The molecule has 162 valence electrons. The number of hydrogen-bond acceptors (Lipinski definition) is 3. The summed E-state index contributed by atoms with van der Waals surface area (Å²) in [4.78, 5) is 25.2. The van der Waals surface area contributed by atoms with Crippen molar-refractivity contribution in [2.24, 2.45) is 11.7 Å². The maximum absolute atomic E-state index is 12.7. The molecule has 0 heterocycles. The van der Waals surface area contributed by atoms with Crippen molar-refractivity contribution >= 4 is 29.9 Å². The number of carbonyl (C=O) groups is 2. The van der Waals surface area contributed by atoms with Crippen molar-refractivity contribution in [2.45, 2.75) is 58.0 Å². The Morgan fingerprint density at radius 1 is 1.03 bits per heavy atom. The number of nitrogens with one attached hydrogen (secondary N) is 2. The predicted molar refractivity (Wildman–Crippen MR) is 124 cm³/mol. The van der Waals surface area contributed by atoms with Crippen LogP contribution in [0.5, 0.6) is 0 Å². The summed E-state index contributed by atoms with van der Waals surface area (Å²) >= 11 is 0. The van der Waals surface area contributed by atoms with Crippen LogP contribution in [0, 0.1) is 12.8 Å². The number of anilines is 1. The summed E-state index contributed by atoms with van der Waals surface area (Å²) < 4.78 is 0. The van der Waals surface area contributed by atoms with E-state index in [0.717, 1.165) is 24.0 Å². The lowest BCUT2D eigenvalue weighted by Gasteiger charge is -2.23. The molecule has 30 heavy (non-hydrogen) atoms. The third-order valence-corrected chi connectivity index (χ3v) is 5.82. The zero-order valence-electron chi connectivity index (χ0n) is 17.7. The van der Waals surface area contributed by atoms with Gasteiger partial charge in [-0.2, -0.15) is 0 Å². The van der Waals surface area contributed by atoms with E-state index in [9.17, 15) is 9.59 Å². The van der Waals surface area contributed by atoms with Crippen molar-refractivity contribution in [3.05, 3.63) is 65.2 Å². The first kappa shape index (κ1) is 23.9. The van der Waals surface area contributed by atoms with E-state index in [1.807, 2.05) is 50.2 Å². The Hall–Kier alpha value is -2.37. The summed E-state index contributed by atoms with van der Waals surface area (Å²) in [7, 11) is 0. The molecule has 2 atom stereocenters. The van der Waals surface area contributed by atoms with E-state index in [0.29, 0.717) is 11.3 Å². The van der Waals surface area contributed by atoms with Crippen LogP contribution in [-0.2, 0) is 4.79 Å². The van der Waals surface area contributed by atoms with Gasteiger partial charge in [0.25, 0.3) is 5.91 Å². The highest BCUT2D eigenvalue weighted by Gasteiger charge is 2.23.